The van der Waals surface area contributed by atoms with Gasteiger partial charge in [-0.2, -0.15) is 0 Å². The van der Waals surface area contributed by atoms with E-state index in [9.17, 15) is 13.6 Å². The van der Waals surface area contributed by atoms with Gasteiger partial charge in [-0.3, -0.25) is 4.99 Å². The summed E-state index contributed by atoms with van der Waals surface area (Å²) in [5.41, 5.74) is 0.105. The molecule has 4 rings (SSSR count). The minimum absolute atomic E-state index is 0.105. The Morgan fingerprint density at radius 3 is 2.56 bits per heavy atom. The Labute approximate surface area is 155 Å². The summed E-state index contributed by atoms with van der Waals surface area (Å²) in [6.07, 6.45) is 3.77. The van der Waals surface area contributed by atoms with Gasteiger partial charge in [-0.15, -0.1) is 0 Å². The predicted octanol–water partition coefficient (Wildman–Crippen LogP) is 2.10. The van der Waals surface area contributed by atoms with E-state index in [1.165, 1.54) is 0 Å². The van der Waals surface area contributed by atoms with Crippen molar-refractivity contribution in [2.24, 2.45) is 9.98 Å². The minimum atomic E-state index is -0.726. The predicted molar refractivity (Wildman–Crippen MR) is 98.7 cm³/mol. The fourth-order valence-electron chi connectivity index (χ4n) is 3.37. The Balaban J connectivity index is 1.35. The molecule has 1 N–H and O–H groups in total. The number of aliphatic imine (C=N–C) groups is 2. The number of nitrogens with one attached hydrogen (secondary N) is 1. The molecule has 2 amide bonds. The number of rotatable bonds is 2. The smallest absolute Gasteiger partial charge is 0.321 e. The fraction of sp³-hybridized carbons (Fsp3) is 0.389. The van der Waals surface area contributed by atoms with Gasteiger partial charge in [0.15, 0.2) is 0 Å². The SMILES string of the molecule is C[C@H]1CN2C=NC(N3CCN(C(=O)Nc4cc(F)cc(F)c4)CC3)=CC2=N1. The number of nitrogens with zero attached hydrogens (tertiary/aromatic N) is 5. The summed E-state index contributed by atoms with van der Waals surface area (Å²) in [5.74, 6) is 0.304. The van der Waals surface area contributed by atoms with Crippen molar-refractivity contribution in [2.45, 2.75) is 13.0 Å². The lowest BCUT2D eigenvalue weighted by molar-refractivity contribution is 0.167. The van der Waals surface area contributed by atoms with Gasteiger partial charge in [0.2, 0.25) is 0 Å². The van der Waals surface area contributed by atoms with Crippen LogP contribution < -0.4 is 5.32 Å². The van der Waals surface area contributed by atoms with Crippen LogP contribution in [0.5, 0.6) is 0 Å². The molecule has 0 aromatic heterocycles. The van der Waals surface area contributed by atoms with Crippen molar-refractivity contribution in [3.63, 3.8) is 0 Å². The second-order valence-corrected chi connectivity index (χ2v) is 6.80. The molecular weight excluding hydrogens is 354 g/mol. The summed E-state index contributed by atoms with van der Waals surface area (Å²) in [4.78, 5) is 27.1. The van der Waals surface area contributed by atoms with Crippen molar-refractivity contribution in [3.05, 3.63) is 41.7 Å². The molecule has 142 valence electrons. The first kappa shape index (κ1) is 17.4. The van der Waals surface area contributed by atoms with Crippen LogP contribution >= 0.6 is 0 Å². The Morgan fingerprint density at radius 2 is 1.85 bits per heavy atom. The van der Waals surface area contributed by atoms with Gasteiger partial charge in [-0.05, 0) is 19.1 Å². The number of benzene rings is 1. The van der Waals surface area contributed by atoms with Gasteiger partial charge in [0.1, 0.15) is 23.3 Å². The largest absolute Gasteiger partial charge is 0.353 e. The number of halogens is 2. The average molecular weight is 374 g/mol. The summed E-state index contributed by atoms with van der Waals surface area (Å²) < 4.78 is 26.5. The van der Waals surface area contributed by atoms with E-state index in [0.29, 0.717) is 26.2 Å². The molecule has 1 aromatic carbocycles. The zero-order valence-corrected chi connectivity index (χ0v) is 14.9. The van der Waals surface area contributed by atoms with Crippen molar-refractivity contribution in [1.82, 2.24) is 14.7 Å². The Morgan fingerprint density at radius 1 is 1.15 bits per heavy atom. The van der Waals surface area contributed by atoms with Crippen LogP contribution in [0.25, 0.3) is 0 Å². The Bertz CT molecular complexity index is 824. The average Bonchev–Trinajstić information content (AvgIpc) is 3.00. The van der Waals surface area contributed by atoms with E-state index in [0.717, 1.165) is 36.4 Å². The van der Waals surface area contributed by atoms with Gasteiger partial charge in [0, 0.05) is 50.6 Å². The summed E-state index contributed by atoms with van der Waals surface area (Å²) >= 11 is 0. The standard InChI is InChI=1S/C18H20F2N6O/c1-12-10-26-11-21-16(9-17(26)22-12)24-2-4-25(5-3-24)18(27)23-15-7-13(19)6-14(20)8-15/h6-9,11-12H,2-5,10H2,1H3,(H,23,27)/t12-/m0/s1. The Kier molecular flexibility index (Phi) is 4.51. The first-order chi connectivity index (χ1) is 13.0. The number of amidine groups is 1. The lowest BCUT2D eigenvalue weighted by Gasteiger charge is -2.36. The van der Waals surface area contributed by atoms with Crippen LogP contribution in [-0.2, 0) is 0 Å². The highest BCUT2D eigenvalue weighted by Gasteiger charge is 2.27. The van der Waals surface area contributed by atoms with Gasteiger partial charge < -0.3 is 20.0 Å². The topological polar surface area (TPSA) is 63.5 Å². The van der Waals surface area contributed by atoms with Crippen LogP contribution in [0.15, 0.2) is 40.1 Å². The first-order valence-electron chi connectivity index (χ1n) is 8.85. The van der Waals surface area contributed by atoms with E-state index in [1.54, 1.807) is 11.2 Å². The molecule has 27 heavy (non-hydrogen) atoms. The number of fused-ring (bicyclic) bond motifs is 1. The third-order valence-corrected chi connectivity index (χ3v) is 4.70. The van der Waals surface area contributed by atoms with Crippen molar-refractivity contribution in [2.75, 3.05) is 38.0 Å². The quantitative estimate of drug-likeness (QED) is 0.862. The molecule has 1 saturated heterocycles. The number of urea groups is 1. The zero-order chi connectivity index (χ0) is 19.0. The third kappa shape index (κ3) is 3.76. The molecule has 1 aromatic rings. The van der Waals surface area contributed by atoms with E-state index in [1.807, 2.05) is 11.0 Å². The van der Waals surface area contributed by atoms with Crippen LogP contribution in [0, 0.1) is 11.6 Å². The van der Waals surface area contributed by atoms with E-state index in [4.69, 9.17) is 0 Å². The van der Waals surface area contributed by atoms with Crippen LogP contribution in [-0.4, -0.2) is 71.7 Å². The van der Waals surface area contributed by atoms with Crippen LogP contribution in [0.1, 0.15) is 6.92 Å². The number of carbonyl (C=O) groups is 1. The number of carbonyl (C=O) groups excluding carboxylic acids is 1. The Hall–Kier alpha value is -2.97. The number of hydrogen-bond donors (Lipinski definition) is 1. The molecule has 0 radical (unpaired) electrons. The molecule has 7 nitrogen and oxygen atoms in total. The zero-order valence-electron chi connectivity index (χ0n) is 14.9. The summed E-state index contributed by atoms with van der Waals surface area (Å²) in [5, 5.41) is 2.54. The molecule has 0 saturated carbocycles. The fourth-order valence-corrected chi connectivity index (χ4v) is 3.37. The van der Waals surface area contributed by atoms with E-state index < -0.39 is 11.6 Å². The van der Waals surface area contributed by atoms with Gasteiger partial charge in [0.25, 0.3) is 0 Å². The van der Waals surface area contributed by atoms with Crippen molar-refractivity contribution >= 4 is 23.9 Å². The molecule has 3 aliphatic rings. The van der Waals surface area contributed by atoms with E-state index in [-0.39, 0.29) is 17.8 Å². The van der Waals surface area contributed by atoms with E-state index >= 15 is 0 Å². The van der Waals surface area contributed by atoms with Crippen molar-refractivity contribution in [3.8, 4) is 0 Å². The van der Waals surface area contributed by atoms with Gasteiger partial charge in [-0.25, -0.2) is 18.6 Å². The van der Waals surface area contributed by atoms with Crippen LogP contribution in [0.3, 0.4) is 0 Å². The van der Waals surface area contributed by atoms with E-state index in [2.05, 4.69) is 27.1 Å². The maximum atomic E-state index is 13.3. The van der Waals surface area contributed by atoms with Gasteiger partial charge in [0.05, 0.1) is 12.4 Å². The van der Waals surface area contributed by atoms with Gasteiger partial charge in [-0.1, -0.05) is 0 Å². The highest BCUT2D eigenvalue weighted by Crippen LogP contribution is 2.19. The molecule has 0 aliphatic carbocycles. The number of amides is 2. The van der Waals surface area contributed by atoms with Crippen molar-refractivity contribution < 1.29 is 13.6 Å². The van der Waals surface area contributed by atoms with Crippen molar-refractivity contribution in [1.29, 1.82) is 0 Å². The molecule has 3 aliphatic heterocycles. The van der Waals surface area contributed by atoms with Crippen LogP contribution in [0.4, 0.5) is 19.3 Å². The van der Waals surface area contributed by atoms with Crippen LogP contribution in [0.2, 0.25) is 0 Å². The molecule has 0 spiro atoms. The molecule has 0 unspecified atom stereocenters. The molecule has 0 bridgehead atoms. The number of piperazine rings is 1. The first-order valence-corrected chi connectivity index (χ1v) is 8.85. The lowest BCUT2D eigenvalue weighted by Crippen LogP contribution is -2.49. The maximum absolute atomic E-state index is 13.3. The molecule has 9 heteroatoms. The molecule has 1 fully saturated rings. The summed E-state index contributed by atoms with van der Waals surface area (Å²) in [6, 6.07) is 2.83. The normalized spacial score (nSPS) is 21.7. The minimum Gasteiger partial charge on any atom is -0.353 e. The lowest BCUT2D eigenvalue weighted by atomic mass is 10.3. The molecule has 3 heterocycles. The monoisotopic (exact) mass is 374 g/mol. The second kappa shape index (κ2) is 6.98. The third-order valence-electron chi connectivity index (χ3n) is 4.70. The number of anilines is 1. The number of hydrogen-bond acceptors (Lipinski definition) is 5. The summed E-state index contributed by atoms with van der Waals surface area (Å²) in [7, 11) is 0. The van der Waals surface area contributed by atoms with Gasteiger partial charge >= 0.3 is 6.03 Å². The highest BCUT2D eigenvalue weighted by molar-refractivity contribution is 6.03. The molecule has 1 atom stereocenters. The maximum Gasteiger partial charge on any atom is 0.321 e. The molecular formula is C18H20F2N6O. The summed E-state index contributed by atoms with van der Waals surface area (Å²) in [6.45, 7) is 5.13. The second-order valence-electron chi connectivity index (χ2n) is 6.80. The highest BCUT2D eigenvalue weighted by atomic mass is 19.1.